The average molecular weight is 422 g/mol. The van der Waals surface area contributed by atoms with Crippen molar-refractivity contribution in [3.8, 4) is 40.8 Å². The zero-order valence-electron chi connectivity index (χ0n) is 17.8. The Kier molecular flexibility index (Phi) is 4.49. The molecule has 4 aromatic carbocycles. The predicted molar refractivity (Wildman–Crippen MR) is 135 cm³/mol. The minimum absolute atomic E-state index is 0.634. The molecule has 3 nitrogen and oxygen atoms in total. The number of benzene rings is 4. The summed E-state index contributed by atoms with van der Waals surface area (Å²) in [4.78, 5) is 10.1. The highest BCUT2D eigenvalue weighted by atomic mass is 15.2. The first-order chi connectivity index (χ1) is 16.3. The van der Waals surface area contributed by atoms with Crippen LogP contribution in [0.1, 0.15) is 5.56 Å². The smallest absolute Gasteiger partial charge is 0.235 e. The number of fused-ring (bicyclic) bond motifs is 3. The van der Waals surface area contributed by atoms with Crippen molar-refractivity contribution in [3.05, 3.63) is 115 Å². The summed E-state index contributed by atoms with van der Waals surface area (Å²) in [5, 5.41) is 2.22. The minimum Gasteiger partial charge on any atom is -0.278 e. The molecule has 2 heterocycles. The van der Waals surface area contributed by atoms with E-state index in [0.717, 1.165) is 49.9 Å². The lowest BCUT2D eigenvalue weighted by molar-refractivity contribution is 0.995. The first-order valence-electron chi connectivity index (χ1n) is 10.8. The van der Waals surface area contributed by atoms with Gasteiger partial charge in [-0.05, 0) is 30.3 Å². The van der Waals surface area contributed by atoms with Gasteiger partial charge in [0.15, 0.2) is 0 Å². The molecule has 0 aliphatic rings. The van der Waals surface area contributed by atoms with Gasteiger partial charge < -0.3 is 0 Å². The van der Waals surface area contributed by atoms with E-state index in [0.29, 0.717) is 5.95 Å². The molecule has 0 saturated heterocycles. The van der Waals surface area contributed by atoms with E-state index in [-0.39, 0.29) is 0 Å². The van der Waals surface area contributed by atoms with Crippen LogP contribution in [-0.4, -0.2) is 14.5 Å². The van der Waals surface area contributed by atoms with Gasteiger partial charge in [0.05, 0.1) is 22.4 Å². The summed E-state index contributed by atoms with van der Waals surface area (Å²) in [6, 6.07) is 36.9. The zero-order valence-corrected chi connectivity index (χ0v) is 17.8. The molecule has 0 fully saturated rings. The van der Waals surface area contributed by atoms with Crippen molar-refractivity contribution in [1.82, 2.24) is 14.5 Å². The van der Waals surface area contributed by atoms with Crippen molar-refractivity contribution in [2.24, 2.45) is 0 Å². The maximum atomic E-state index is 5.69. The number of hydrogen-bond acceptors (Lipinski definition) is 2. The van der Waals surface area contributed by atoms with Crippen molar-refractivity contribution in [2.75, 3.05) is 0 Å². The van der Waals surface area contributed by atoms with Crippen LogP contribution in [-0.2, 0) is 0 Å². The summed E-state index contributed by atoms with van der Waals surface area (Å²) in [5.74, 6) is 3.39. The van der Waals surface area contributed by atoms with Crippen LogP contribution in [0.2, 0.25) is 0 Å². The monoisotopic (exact) mass is 421 g/mol. The van der Waals surface area contributed by atoms with Crippen LogP contribution >= 0.6 is 0 Å². The molecule has 3 heteroatoms. The van der Waals surface area contributed by atoms with Gasteiger partial charge in [0.2, 0.25) is 5.95 Å². The average Bonchev–Trinajstić information content (AvgIpc) is 3.23. The number of terminal acetylenes is 1. The molecule has 0 spiro atoms. The predicted octanol–water partition coefficient (Wildman–Crippen LogP) is 6.89. The molecule has 0 unspecified atom stereocenters. The van der Waals surface area contributed by atoms with Gasteiger partial charge in [-0.25, -0.2) is 9.97 Å². The third-order valence-corrected chi connectivity index (χ3v) is 5.89. The fourth-order valence-corrected chi connectivity index (χ4v) is 4.33. The van der Waals surface area contributed by atoms with Gasteiger partial charge in [0, 0.05) is 27.5 Å². The molecular formula is C30H19N3. The third kappa shape index (κ3) is 3.26. The SMILES string of the molecule is C#Cc1ccc2c(c1)c1ccccc1n2-c1nc(-c2ccccc2)cc(-c2ccccc2)n1. The highest BCUT2D eigenvalue weighted by Gasteiger charge is 2.16. The van der Waals surface area contributed by atoms with E-state index in [4.69, 9.17) is 16.4 Å². The topological polar surface area (TPSA) is 30.7 Å². The molecule has 6 aromatic rings. The second-order valence-corrected chi connectivity index (χ2v) is 7.90. The Bertz CT molecular complexity index is 1600. The van der Waals surface area contributed by atoms with Crippen LogP contribution in [0.5, 0.6) is 0 Å². The Hall–Kier alpha value is -4.68. The van der Waals surface area contributed by atoms with E-state index in [1.54, 1.807) is 0 Å². The van der Waals surface area contributed by atoms with E-state index < -0.39 is 0 Å². The maximum Gasteiger partial charge on any atom is 0.235 e. The molecule has 0 N–H and O–H groups in total. The second-order valence-electron chi connectivity index (χ2n) is 7.90. The Morgan fingerprint density at radius 2 is 1.15 bits per heavy atom. The Morgan fingerprint density at radius 1 is 0.576 bits per heavy atom. The quantitative estimate of drug-likeness (QED) is 0.291. The summed E-state index contributed by atoms with van der Waals surface area (Å²) in [6.07, 6.45) is 5.69. The fraction of sp³-hybridized carbons (Fsp3) is 0. The summed E-state index contributed by atoms with van der Waals surface area (Å²) >= 11 is 0. The lowest BCUT2D eigenvalue weighted by Gasteiger charge is -2.11. The van der Waals surface area contributed by atoms with E-state index in [1.807, 2.05) is 54.6 Å². The maximum absolute atomic E-state index is 5.69. The van der Waals surface area contributed by atoms with Gasteiger partial charge in [0.25, 0.3) is 0 Å². The lowest BCUT2D eigenvalue weighted by Crippen LogP contribution is -2.03. The van der Waals surface area contributed by atoms with E-state index in [9.17, 15) is 0 Å². The van der Waals surface area contributed by atoms with Crippen molar-refractivity contribution in [2.45, 2.75) is 0 Å². The summed E-state index contributed by atoms with van der Waals surface area (Å²) < 4.78 is 2.13. The molecule has 154 valence electrons. The normalized spacial score (nSPS) is 11.0. The summed E-state index contributed by atoms with van der Waals surface area (Å²) in [7, 11) is 0. The molecule has 6 rings (SSSR count). The highest BCUT2D eigenvalue weighted by Crippen LogP contribution is 2.33. The molecule has 0 aliphatic heterocycles. The summed E-state index contributed by atoms with van der Waals surface area (Å²) in [5.41, 5.74) is 6.79. The van der Waals surface area contributed by atoms with Crippen LogP contribution in [0, 0.1) is 12.3 Å². The molecule has 33 heavy (non-hydrogen) atoms. The first kappa shape index (κ1) is 19.0. The molecule has 0 bridgehead atoms. The molecule has 0 amide bonds. The number of hydrogen-bond donors (Lipinski definition) is 0. The molecule has 2 aromatic heterocycles. The molecule has 0 atom stereocenters. The van der Waals surface area contributed by atoms with E-state index in [1.165, 1.54) is 0 Å². The van der Waals surface area contributed by atoms with Gasteiger partial charge in [-0.1, -0.05) is 84.8 Å². The lowest BCUT2D eigenvalue weighted by atomic mass is 10.1. The molecule has 0 saturated carbocycles. The van der Waals surface area contributed by atoms with Crippen molar-refractivity contribution >= 4 is 21.8 Å². The third-order valence-electron chi connectivity index (χ3n) is 5.89. The van der Waals surface area contributed by atoms with Crippen LogP contribution in [0.4, 0.5) is 0 Å². The number of rotatable bonds is 3. The zero-order chi connectivity index (χ0) is 22.2. The largest absolute Gasteiger partial charge is 0.278 e. The summed E-state index contributed by atoms with van der Waals surface area (Å²) in [6.45, 7) is 0. The standard InChI is InChI=1S/C30H19N3/c1-2-21-17-18-29-25(19-21)24-15-9-10-16-28(24)33(29)30-31-26(22-11-5-3-6-12-22)20-27(32-30)23-13-7-4-8-14-23/h1,3-20H. The number of para-hydroxylation sites is 1. The number of aromatic nitrogens is 3. The number of nitrogens with zero attached hydrogens (tertiary/aromatic N) is 3. The van der Waals surface area contributed by atoms with Crippen molar-refractivity contribution < 1.29 is 0 Å². The van der Waals surface area contributed by atoms with Crippen LogP contribution in [0.15, 0.2) is 109 Å². The highest BCUT2D eigenvalue weighted by molar-refractivity contribution is 6.09. The molecule has 0 radical (unpaired) electrons. The van der Waals surface area contributed by atoms with Gasteiger partial charge >= 0.3 is 0 Å². The van der Waals surface area contributed by atoms with Crippen LogP contribution < -0.4 is 0 Å². The van der Waals surface area contributed by atoms with Gasteiger partial charge in [-0.15, -0.1) is 6.42 Å². The minimum atomic E-state index is 0.634. The Morgan fingerprint density at radius 3 is 1.79 bits per heavy atom. The second kappa shape index (κ2) is 7.78. The van der Waals surface area contributed by atoms with Gasteiger partial charge in [-0.2, -0.15) is 0 Å². The van der Waals surface area contributed by atoms with Gasteiger partial charge in [0.1, 0.15) is 0 Å². The molecule has 0 aliphatic carbocycles. The van der Waals surface area contributed by atoms with Crippen molar-refractivity contribution in [1.29, 1.82) is 0 Å². The van der Waals surface area contributed by atoms with Crippen LogP contribution in [0.25, 0.3) is 50.3 Å². The van der Waals surface area contributed by atoms with E-state index in [2.05, 4.69) is 65.1 Å². The first-order valence-corrected chi connectivity index (χ1v) is 10.8. The Balaban J connectivity index is 1.69. The van der Waals surface area contributed by atoms with E-state index >= 15 is 0 Å². The van der Waals surface area contributed by atoms with Crippen molar-refractivity contribution in [3.63, 3.8) is 0 Å². The molecular weight excluding hydrogens is 402 g/mol. The van der Waals surface area contributed by atoms with Gasteiger partial charge in [-0.3, -0.25) is 4.57 Å². The van der Waals surface area contributed by atoms with Crippen LogP contribution in [0.3, 0.4) is 0 Å². The fourth-order valence-electron chi connectivity index (χ4n) is 4.33. The Labute approximate surface area is 192 Å².